The van der Waals surface area contributed by atoms with Crippen LogP contribution in [0.25, 0.3) is 11.1 Å². The molecule has 2 aromatic carbocycles. The molecule has 0 N–H and O–H groups in total. The summed E-state index contributed by atoms with van der Waals surface area (Å²) in [6.45, 7) is 3.62. The van der Waals surface area contributed by atoms with E-state index in [4.69, 9.17) is 9.15 Å². The van der Waals surface area contributed by atoms with Crippen molar-refractivity contribution in [1.82, 2.24) is 4.98 Å². The van der Waals surface area contributed by atoms with Crippen LogP contribution in [0, 0.1) is 24.4 Å². The molecule has 0 radical (unpaired) electrons. The van der Waals surface area contributed by atoms with Gasteiger partial charge in [-0.05, 0) is 31.0 Å². The Morgan fingerprint density at radius 3 is 2.61 bits per heavy atom. The van der Waals surface area contributed by atoms with E-state index in [0.29, 0.717) is 11.6 Å². The van der Waals surface area contributed by atoms with E-state index in [1.54, 1.807) is 0 Å². The van der Waals surface area contributed by atoms with Crippen molar-refractivity contribution in [1.29, 1.82) is 0 Å². The molecule has 0 saturated carbocycles. The Hall–Kier alpha value is -2.76. The van der Waals surface area contributed by atoms with Gasteiger partial charge in [0.1, 0.15) is 30.2 Å². The molecule has 0 aliphatic carbocycles. The SMILES string of the molecule is CCCCCc1nc(COc2c(F)cccc2-c2cc(C)c(F)cc2F)co1. The number of unbranched alkanes of at least 4 members (excludes halogenated alkanes) is 2. The van der Waals surface area contributed by atoms with Crippen molar-refractivity contribution >= 4 is 0 Å². The van der Waals surface area contributed by atoms with Crippen LogP contribution in [0.3, 0.4) is 0 Å². The van der Waals surface area contributed by atoms with Crippen LogP contribution in [0.5, 0.6) is 5.75 Å². The van der Waals surface area contributed by atoms with Crippen LogP contribution < -0.4 is 4.74 Å². The lowest BCUT2D eigenvalue weighted by atomic mass is 10.0. The maximum Gasteiger partial charge on any atom is 0.194 e. The molecule has 0 amide bonds. The molecule has 0 fully saturated rings. The molecule has 0 bridgehead atoms. The number of benzene rings is 2. The lowest BCUT2D eigenvalue weighted by Crippen LogP contribution is -2.01. The Kier molecular flexibility index (Phi) is 6.39. The van der Waals surface area contributed by atoms with Crippen molar-refractivity contribution in [3.05, 3.63) is 71.2 Å². The minimum Gasteiger partial charge on any atom is -0.483 e. The number of para-hydroxylation sites is 1. The third kappa shape index (κ3) is 4.55. The second kappa shape index (κ2) is 8.95. The monoisotopic (exact) mass is 389 g/mol. The molecule has 0 unspecified atom stereocenters. The highest BCUT2D eigenvalue weighted by atomic mass is 19.1. The minimum absolute atomic E-state index is 0.0208. The standard InChI is InChI=1S/C22H22F3NO2/c1-3-4-5-9-21-26-15(12-27-21)13-28-22-16(7-6-8-18(22)23)17-10-14(2)19(24)11-20(17)25/h6-8,10-12H,3-5,9,13H2,1-2H3. The summed E-state index contributed by atoms with van der Waals surface area (Å²) in [7, 11) is 0. The molecule has 28 heavy (non-hydrogen) atoms. The number of rotatable bonds is 8. The fourth-order valence-corrected chi connectivity index (χ4v) is 2.93. The van der Waals surface area contributed by atoms with E-state index in [2.05, 4.69) is 11.9 Å². The maximum atomic E-state index is 14.4. The van der Waals surface area contributed by atoms with Gasteiger partial charge in [0.2, 0.25) is 0 Å². The van der Waals surface area contributed by atoms with Gasteiger partial charge < -0.3 is 9.15 Å². The number of halogens is 3. The number of hydrogen-bond donors (Lipinski definition) is 0. The second-order valence-corrected chi connectivity index (χ2v) is 6.68. The summed E-state index contributed by atoms with van der Waals surface area (Å²) >= 11 is 0. The van der Waals surface area contributed by atoms with Crippen molar-refractivity contribution in [3.8, 4) is 16.9 Å². The Balaban J connectivity index is 1.81. The van der Waals surface area contributed by atoms with E-state index in [9.17, 15) is 13.2 Å². The minimum atomic E-state index is -0.779. The van der Waals surface area contributed by atoms with E-state index in [1.165, 1.54) is 37.5 Å². The predicted molar refractivity (Wildman–Crippen MR) is 101 cm³/mol. The normalized spacial score (nSPS) is 11.0. The van der Waals surface area contributed by atoms with Crippen LogP contribution in [0.2, 0.25) is 0 Å². The van der Waals surface area contributed by atoms with Gasteiger partial charge in [-0.3, -0.25) is 0 Å². The first-order chi connectivity index (χ1) is 13.5. The third-order valence-electron chi connectivity index (χ3n) is 4.46. The first kappa shape index (κ1) is 20.0. The fraction of sp³-hybridized carbons (Fsp3) is 0.318. The zero-order valence-electron chi connectivity index (χ0n) is 15.9. The number of aromatic nitrogens is 1. The zero-order chi connectivity index (χ0) is 20.1. The van der Waals surface area contributed by atoms with E-state index >= 15 is 0 Å². The molecule has 1 aromatic heterocycles. The Labute approximate surface area is 162 Å². The molecule has 0 spiro atoms. The van der Waals surface area contributed by atoms with Crippen LogP contribution in [-0.4, -0.2) is 4.98 Å². The van der Waals surface area contributed by atoms with Crippen molar-refractivity contribution in [2.75, 3.05) is 0 Å². The van der Waals surface area contributed by atoms with Gasteiger partial charge in [0, 0.05) is 23.6 Å². The van der Waals surface area contributed by atoms with Crippen molar-refractivity contribution < 1.29 is 22.3 Å². The number of aryl methyl sites for hydroxylation is 2. The summed E-state index contributed by atoms with van der Waals surface area (Å²) in [4.78, 5) is 4.33. The van der Waals surface area contributed by atoms with Gasteiger partial charge in [0.05, 0.1) is 0 Å². The first-order valence-corrected chi connectivity index (χ1v) is 9.30. The van der Waals surface area contributed by atoms with E-state index < -0.39 is 17.5 Å². The van der Waals surface area contributed by atoms with Crippen LogP contribution in [0.15, 0.2) is 41.0 Å². The van der Waals surface area contributed by atoms with Crippen LogP contribution in [0.4, 0.5) is 13.2 Å². The molecule has 0 aliphatic heterocycles. The largest absolute Gasteiger partial charge is 0.483 e. The quantitative estimate of drug-likeness (QED) is 0.419. The number of ether oxygens (including phenoxy) is 1. The molecule has 6 heteroatoms. The Morgan fingerprint density at radius 2 is 1.82 bits per heavy atom. The summed E-state index contributed by atoms with van der Waals surface area (Å²) in [5.74, 6) is -1.56. The molecule has 1 heterocycles. The lowest BCUT2D eigenvalue weighted by Gasteiger charge is -2.13. The molecule has 3 rings (SSSR count). The molecule has 0 saturated heterocycles. The van der Waals surface area contributed by atoms with Gasteiger partial charge >= 0.3 is 0 Å². The fourth-order valence-electron chi connectivity index (χ4n) is 2.93. The lowest BCUT2D eigenvalue weighted by molar-refractivity contribution is 0.287. The summed E-state index contributed by atoms with van der Waals surface area (Å²) in [5.41, 5.74) is 1.08. The van der Waals surface area contributed by atoms with E-state index in [0.717, 1.165) is 31.7 Å². The number of oxazole rings is 1. The Morgan fingerprint density at radius 1 is 1.00 bits per heavy atom. The summed E-state index contributed by atoms with van der Waals surface area (Å²) in [5, 5.41) is 0. The molecular formula is C22H22F3NO2. The summed E-state index contributed by atoms with van der Waals surface area (Å²) < 4.78 is 53.3. The average molecular weight is 389 g/mol. The maximum absolute atomic E-state index is 14.4. The molecule has 3 nitrogen and oxygen atoms in total. The molecule has 3 aromatic rings. The van der Waals surface area contributed by atoms with Crippen molar-refractivity contribution in [3.63, 3.8) is 0 Å². The topological polar surface area (TPSA) is 35.3 Å². The van der Waals surface area contributed by atoms with E-state index in [1.807, 2.05) is 0 Å². The van der Waals surface area contributed by atoms with Crippen molar-refractivity contribution in [2.45, 2.75) is 46.1 Å². The predicted octanol–water partition coefficient (Wildman–Crippen LogP) is 6.38. The highest BCUT2D eigenvalue weighted by Gasteiger charge is 2.17. The van der Waals surface area contributed by atoms with Crippen LogP contribution in [-0.2, 0) is 13.0 Å². The van der Waals surface area contributed by atoms with Crippen LogP contribution >= 0.6 is 0 Å². The van der Waals surface area contributed by atoms with E-state index in [-0.39, 0.29) is 29.0 Å². The van der Waals surface area contributed by atoms with Gasteiger partial charge in [0.15, 0.2) is 17.5 Å². The summed E-state index contributed by atoms with van der Waals surface area (Å²) in [6, 6.07) is 6.35. The number of hydrogen-bond acceptors (Lipinski definition) is 3. The van der Waals surface area contributed by atoms with Gasteiger partial charge in [-0.15, -0.1) is 0 Å². The molecule has 0 aliphatic rings. The summed E-state index contributed by atoms with van der Waals surface area (Å²) in [6.07, 6.45) is 5.39. The van der Waals surface area contributed by atoms with Gasteiger partial charge in [-0.25, -0.2) is 18.2 Å². The first-order valence-electron chi connectivity index (χ1n) is 9.30. The second-order valence-electron chi connectivity index (χ2n) is 6.68. The molecule has 0 atom stereocenters. The smallest absolute Gasteiger partial charge is 0.194 e. The number of nitrogens with zero attached hydrogens (tertiary/aromatic N) is 1. The molecule has 148 valence electrons. The average Bonchev–Trinajstić information content (AvgIpc) is 3.11. The zero-order valence-corrected chi connectivity index (χ0v) is 15.9. The Bertz CT molecular complexity index is 953. The van der Waals surface area contributed by atoms with Crippen LogP contribution in [0.1, 0.15) is 43.3 Å². The van der Waals surface area contributed by atoms with Gasteiger partial charge in [0.25, 0.3) is 0 Å². The highest BCUT2D eigenvalue weighted by Crippen LogP contribution is 2.35. The molecular weight excluding hydrogens is 367 g/mol. The third-order valence-corrected chi connectivity index (χ3v) is 4.46. The van der Waals surface area contributed by atoms with Gasteiger partial charge in [-0.1, -0.05) is 31.9 Å². The van der Waals surface area contributed by atoms with Crippen molar-refractivity contribution in [2.24, 2.45) is 0 Å². The van der Waals surface area contributed by atoms with Gasteiger partial charge in [-0.2, -0.15) is 0 Å². The highest BCUT2D eigenvalue weighted by molar-refractivity contribution is 5.71.